The summed E-state index contributed by atoms with van der Waals surface area (Å²) in [6.45, 7) is 2.65. The third-order valence-corrected chi connectivity index (χ3v) is 4.01. The van der Waals surface area contributed by atoms with Gasteiger partial charge in [-0.15, -0.1) is 0 Å². The molecule has 0 aliphatic heterocycles. The van der Waals surface area contributed by atoms with Crippen LogP contribution in [0, 0.1) is 11.8 Å². The molecule has 128 valence electrons. The van der Waals surface area contributed by atoms with Crippen LogP contribution in [0.25, 0.3) is 11.0 Å². The summed E-state index contributed by atoms with van der Waals surface area (Å²) in [6, 6.07) is 13.8. The van der Waals surface area contributed by atoms with Gasteiger partial charge in [-0.2, -0.15) is 0 Å². The van der Waals surface area contributed by atoms with Gasteiger partial charge in [0.1, 0.15) is 11.8 Å². The first-order valence-electron chi connectivity index (χ1n) is 8.68. The van der Waals surface area contributed by atoms with Gasteiger partial charge in [-0.25, -0.2) is 9.37 Å². The van der Waals surface area contributed by atoms with Crippen molar-refractivity contribution in [1.29, 1.82) is 0 Å². The summed E-state index contributed by atoms with van der Waals surface area (Å²) in [5.41, 5.74) is 3.62. The van der Waals surface area contributed by atoms with Gasteiger partial charge in [-0.3, -0.25) is 0 Å². The van der Waals surface area contributed by atoms with Crippen LogP contribution in [0.3, 0.4) is 0 Å². The first kappa shape index (κ1) is 17.0. The molecule has 0 aliphatic rings. The van der Waals surface area contributed by atoms with Crippen molar-refractivity contribution in [3.05, 3.63) is 59.9 Å². The number of benzene rings is 1. The predicted molar refractivity (Wildman–Crippen MR) is 101 cm³/mol. The summed E-state index contributed by atoms with van der Waals surface area (Å²) in [4.78, 5) is 7.46. The van der Waals surface area contributed by atoms with Gasteiger partial charge in [0.05, 0.1) is 5.69 Å². The predicted octanol–water partition coefficient (Wildman–Crippen LogP) is 4.90. The molecular weight excluding hydrogens is 313 g/mol. The number of halogens is 1. The lowest BCUT2D eigenvalue weighted by Crippen LogP contribution is -2.09. The van der Waals surface area contributed by atoms with E-state index < -0.39 is 6.17 Å². The van der Waals surface area contributed by atoms with Gasteiger partial charge in [-0.05, 0) is 61.2 Å². The van der Waals surface area contributed by atoms with E-state index in [1.54, 1.807) is 6.20 Å². The van der Waals surface area contributed by atoms with Crippen molar-refractivity contribution in [3.63, 3.8) is 0 Å². The Balaban J connectivity index is 1.57. The van der Waals surface area contributed by atoms with E-state index >= 15 is 0 Å². The van der Waals surface area contributed by atoms with Gasteiger partial charge in [-0.1, -0.05) is 19.3 Å². The summed E-state index contributed by atoms with van der Waals surface area (Å²) in [7, 11) is 0. The fourth-order valence-corrected chi connectivity index (χ4v) is 2.67. The van der Waals surface area contributed by atoms with Gasteiger partial charge in [0, 0.05) is 29.4 Å². The molecule has 2 heterocycles. The van der Waals surface area contributed by atoms with E-state index in [-0.39, 0.29) is 0 Å². The van der Waals surface area contributed by atoms with Gasteiger partial charge >= 0.3 is 0 Å². The first-order chi connectivity index (χ1) is 12.2. The van der Waals surface area contributed by atoms with Gasteiger partial charge in [0.15, 0.2) is 0 Å². The summed E-state index contributed by atoms with van der Waals surface area (Å²) < 4.78 is 13.4. The lowest BCUT2D eigenvalue weighted by atomic mass is 10.1. The Bertz CT molecular complexity index is 838. The Morgan fingerprint density at radius 3 is 2.76 bits per heavy atom. The van der Waals surface area contributed by atoms with Crippen molar-refractivity contribution >= 4 is 16.7 Å². The molecule has 25 heavy (non-hydrogen) atoms. The maximum Gasteiger partial charge on any atom is 0.138 e. The number of nitrogens with one attached hydrogen (secondary N) is 2. The molecule has 4 heteroatoms. The van der Waals surface area contributed by atoms with Crippen molar-refractivity contribution in [2.45, 2.75) is 32.4 Å². The number of alkyl halides is 1. The second kappa shape index (κ2) is 8.34. The monoisotopic (exact) mass is 335 g/mol. The van der Waals surface area contributed by atoms with E-state index in [0.717, 1.165) is 34.4 Å². The molecule has 1 aromatic carbocycles. The Morgan fingerprint density at radius 2 is 2.00 bits per heavy atom. The van der Waals surface area contributed by atoms with Gasteiger partial charge < -0.3 is 10.3 Å². The number of aromatic amines is 1. The molecule has 0 saturated carbocycles. The quantitative estimate of drug-likeness (QED) is 0.629. The molecule has 3 rings (SSSR count). The maximum atomic E-state index is 13.4. The molecule has 3 nitrogen and oxygen atoms in total. The van der Waals surface area contributed by atoms with E-state index in [2.05, 4.69) is 27.1 Å². The van der Waals surface area contributed by atoms with Crippen LogP contribution in [-0.2, 0) is 0 Å². The Hall–Kier alpha value is -2.80. The van der Waals surface area contributed by atoms with Crippen molar-refractivity contribution < 1.29 is 4.39 Å². The third-order valence-electron chi connectivity index (χ3n) is 4.01. The smallest absolute Gasteiger partial charge is 0.138 e. The van der Waals surface area contributed by atoms with Crippen LogP contribution in [0.5, 0.6) is 0 Å². The average Bonchev–Trinajstić information content (AvgIpc) is 3.04. The highest BCUT2D eigenvalue weighted by Gasteiger charge is 2.04. The zero-order chi connectivity index (χ0) is 17.5. The van der Waals surface area contributed by atoms with E-state index in [4.69, 9.17) is 0 Å². The van der Waals surface area contributed by atoms with Gasteiger partial charge in [0.25, 0.3) is 0 Å². The fourth-order valence-electron chi connectivity index (χ4n) is 2.67. The number of hydrogen-bond acceptors (Lipinski definition) is 2. The standard InChI is InChI=1S/C21H22FN3/c1-2-4-18(22)12-14-23-19-9-6-16(7-10-19)8-11-20-15-17-5-3-13-24-21(17)25-20/h3,5-7,9-10,13,15,18,23H,2,4,12,14H2,1H3,(H,24,25). The summed E-state index contributed by atoms with van der Waals surface area (Å²) in [5.74, 6) is 6.27. The number of hydrogen-bond donors (Lipinski definition) is 2. The van der Waals surface area contributed by atoms with Crippen LogP contribution in [-0.4, -0.2) is 22.7 Å². The van der Waals surface area contributed by atoms with Gasteiger partial charge in [0.2, 0.25) is 0 Å². The van der Waals surface area contributed by atoms with Crippen molar-refractivity contribution in [2.24, 2.45) is 0 Å². The molecule has 2 aromatic heterocycles. The van der Waals surface area contributed by atoms with E-state index in [1.165, 1.54) is 0 Å². The second-order valence-electron chi connectivity index (χ2n) is 6.05. The molecule has 0 spiro atoms. The number of pyridine rings is 1. The van der Waals surface area contributed by atoms with Crippen LogP contribution in [0.1, 0.15) is 37.4 Å². The molecule has 3 aromatic rings. The van der Waals surface area contributed by atoms with Crippen LogP contribution in [0.2, 0.25) is 0 Å². The summed E-state index contributed by atoms with van der Waals surface area (Å²) >= 11 is 0. The third kappa shape index (κ3) is 4.84. The minimum Gasteiger partial charge on any atom is -0.385 e. The molecule has 1 atom stereocenters. The zero-order valence-corrected chi connectivity index (χ0v) is 14.3. The van der Waals surface area contributed by atoms with Crippen LogP contribution >= 0.6 is 0 Å². The summed E-state index contributed by atoms with van der Waals surface area (Å²) in [5, 5.41) is 4.31. The lowest BCUT2D eigenvalue weighted by molar-refractivity contribution is 0.300. The molecule has 0 amide bonds. The van der Waals surface area contributed by atoms with Crippen molar-refractivity contribution in [1.82, 2.24) is 9.97 Å². The molecule has 2 N–H and O–H groups in total. The van der Waals surface area contributed by atoms with Crippen LogP contribution in [0.4, 0.5) is 10.1 Å². The van der Waals surface area contributed by atoms with E-state index in [9.17, 15) is 4.39 Å². The number of rotatable bonds is 6. The molecule has 1 unspecified atom stereocenters. The molecular formula is C21H22FN3. The second-order valence-corrected chi connectivity index (χ2v) is 6.05. The number of aromatic nitrogens is 2. The topological polar surface area (TPSA) is 40.7 Å². The van der Waals surface area contributed by atoms with Crippen LogP contribution < -0.4 is 5.32 Å². The van der Waals surface area contributed by atoms with E-state index in [0.29, 0.717) is 19.4 Å². The SMILES string of the molecule is CCCC(F)CCNc1ccc(C#Cc2cc3cccnc3[nH]2)cc1. The molecule has 0 aliphatic carbocycles. The fraction of sp³-hybridized carbons (Fsp3) is 0.286. The Kier molecular flexibility index (Phi) is 5.69. The van der Waals surface area contributed by atoms with E-state index in [1.807, 2.05) is 49.4 Å². The highest BCUT2D eigenvalue weighted by molar-refractivity contribution is 5.77. The summed E-state index contributed by atoms with van der Waals surface area (Å²) in [6.07, 6.45) is 3.12. The molecule has 0 fully saturated rings. The normalized spacial score (nSPS) is 11.8. The minimum atomic E-state index is -0.714. The lowest BCUT2D eigenvalue weighted by Gasteiger charge is -2.09. The molecule has 0 bridgehead atoms. The Labute approximate surface area is 147 Å². The largest absolute Gasteiger partial charge is 0.385 e. The highest BCUT2D eigenvalue weighted by Crippen LogP contribution is 2.13. The molecule has 0 saturated heterocycles. The number of fused-ring (bicyclic) bond motifs is 1. The minimum absolute atomic E-state index is 0.545. The highest BCUT2D eigenvalue weighted by atomic mass is 19.1. The van der Waals surface area contributed by atoms with Crippen molar-refractivity contribution in [2.75, 3.05) is 11.9 Å². The maximum absolute atomic E-state index is 13.4. The average molecular weight is 335 g/mol. The molecule has 0 radical (unpaired) electrons. The number of anilines is 1. The first-order valence-corrected chi connectivity index (χ1v) is 8.68. The zero-order valence-electron chi connectivity index (χ0n) is 14.3. The van der Waals surface area contributed by atoms with Crippen LogP contribution in [0.15, 0.2) is 48.7 Å². The number of H-pyrrole nitrogens is 1. The van der Waals surface area contributed by atoms with Crippen molar-refractivity contribution in [3.8, 4) is 11.8 Å². The Morgan fingerprint density at radius 1 is 1.16 bits per heavy atom. The number of nitrogens with zero attached hydrogens (tertiary/aromatic N) is 1.